The number of rotatable bonds is 9. The molecule has 0 amide bonds. The predicted octanol–water partition coefficient (Wildman–Crippen LogP) is 3.75. The Balaban J connectivity index is 1.39. The Kier molecular flexibility index (Phi) is 7.54. The molecule has 4 aromatic rings. The number of aromatic nitrogens is 6. The van der Waals surface area contributed by atoms with E-state index in [1.54, 1.807) is 27.7 Å². The molecule has 2 N–H and O–H groups in total. The Morgan fingerprint density at radius 1 is 1.05 bits per heavy atom. The molecule has 2 fully saturated rings. The summed E-state index contributed by atoms with van der Waals surface area (Å²) in [5, 5.41) is 19.1. The molecule has 0 radical (unpaired) electrons. The van der Waals surface area contributed by atoms with Gasteiger partial charge in [-0.05, 0) is 39.0 Å². The van der Waals surface area contributed by atoms with Gasteiger partial charge in [0.15, 0.2) is 29.2 Å². The molecule has 2 atom stereocenters. The van der Waals surface area contributed by atoms with Gasteiger partial charge in [0.1, 0.15) is 12.1 Å². The highest BCUT2D eigenvalue weighted by molar-refractivity contribution is 5.91. The largest absolute Gasteiger partial charge is 0.493 e. The first kappa shape index (κ1) is 27.1. The number of hydrogen-bond donors (Lipinski definition) is 2. The van der Waals surface area contributed by atoms with E-state index in [2.05, 4.69) is 15.2 Å². The molecule has 2 aliphatic rings. The van der Waals surface area contributed by atoms with Gasteiger partial charge in [-0.3, -0.25) is 0 Å². The molecule has 3 aromatic heterocycles. The molecule has 2 saturated heterocycles. The quantitative estimate of drug-likeness (QED) is 0.308. The molecular formula is C28H36N8O5. The second-order valence-electron chi connectivity index (χ2n) is 10.3. The lowest BCUT2D eigenvalue weighted by Gasteiger charge is -2.26. The van der Waals surface area contributed by atoms with Crippen molar-refractivity contribution in [1.29, 1.82) is 0 Å². The van der Waals surface area contributed by atoms with E-state index in [1.807, 2.05) is 34.5 Å². The van der Waals surface area contributed by atoms with Crippen LogP contribution in [0.25, 0.3) is 16.7 Å². The minimum atomic E-state index is -0.179. The van der Waals surface area contributed by atoms with Crippen LogP contribution in [0, 0.1) is 6.92 Å². The molecule has 13 heteroatoms. The maximum Gasteiger partial charge on any atom is 0.232 e. The first-order valence-electron chi connectivity index (χ1n) is 13.9. The van der Waals surface area contributed by atoms with Crippen LogP contribution in [0.5, 0.6) is 17.2 Å². The summed E-state index contributed by atoms with van der Waals surface area (Å²) in [5.41, 5.74) is 2.32. The summed E-state index contributed by atoms with van der Waals surface area (Å²) < 4.78 is 26.3. The zero-order valence-electron chi connectivity index (χ0n) is 23.8. The van der Waals surface area contributed by atoms with Crippen molar-refractivity contribution in [3.05, 3.63) is 30.4 Å². The number of benzene rings is 1. The molecule has 0 aliphatic carbocycles. The third-order valence-electron chi connectivity index (χ3n) is 7.77. The van der Waals surface area contributed by atoms with Gasteiger partial charge >= 0.3 is 0 Å². The van der Waals surface area contributed by atoms with Crippen LogP contribution in [-0.4, -0.2) is 81.5 Å². The standard InChI is InChI=1S/C28H36N8O5/c1-17-24-26(35-10-7-8-18(35)15-37)31-28(32-27(24)36(33-17)23-9-5-6-11-41-23)30-22-14-34(16-29-22)19-12-20(38-2)25(40-4)21(13-19)39-3/h12-14,16,18,23,37H,5-11,15H2,1-4H3,(H,30,31,32)/t18-,23?/m0/s1. The molecular weight excluding hydrogens is 528 g/mol. The molecule has 0 saturated carbocycles. The summed E-state index contributed by atoms with van der Waals surface area (Å²) in [6, 6.07) is 3.69. The maximum atomic E-state index is 10.1. The van der Waals surface area contributed by atoms with E-state index in [0.29, 0.717) is 41.3 Å². The van der Waals surface area contributed by atoms with Crippen LogP contribution in [0.2, 0.25) is 0 Å². The lowest BCUT2D eigenvalue weighted by Crippen LogP contribution is -2.33. The van der Waals surface area contributed by atoms with E-state index in [0.717, 1.165) is 61.2 Å². The highest BCUT2D eigenvalue weighted by Crippen LogP contribution is 2.40. The van der Waals surface area contributed by atoms with E-state index in [-0.39, 0.29) is 18.9 Å². The first-order chi connectivity index (χ1) is 20.0. The number of hydrogen-bond acceptors (Lipinski definition) is 11. The van der Waals surface area contributed by atoms with Crippen molar-refractivity contribution >= 4 is 28.6 Å². The van der Waals surface area contributed by atoms with Crippen molar-refractivity contribution in [2.75, 3.05) is 51.3 Å². The first-order valence-corrected chi connectivity index (χ1v) is 13.9. The van der Waals surface area contributed by atoms with Crippen molar-refractivity contribution in [1.82, 2.24) is 29.3 Å². The Hall–Kier alpha value is -4.10. The number of methoxy groups -OCH3 is 3. The van der Waals surface area contributed by atoms with Crippen molar-refractivity contribution in [3.8, 4) is 22.9 Å². The molecule has 6 rings (SSSR count). The summed E-state index contributed by atoms with van der Waals surface area (Å²) in [4.78, 5) is 16.6. The van der Waals surface area contributed by atoms with E-state index in [4.69, 9.17) is 34.0 Å². The molecule has 0 bridgehead atoms. The number of imidazole rings is 1. The lowest BCUT2D eigenvalue weighted by molar-refractivity contribution is -0.0371. The minimum Gasteiger partial charge on any atom is -0.493 e. The van der Waals surface area contributed by atoms with Crippen molar-refractivity contribution in [3.63, 3.8) is 0 Å². The topological polar surface area (TPSA) is 134 Å². The number of fused-ring (bicyclic) bond motifs is 1. The van der Waals surface area contributed by atoms with Crippen LogP contribution in [-0.2, 0) is 4.74 Å². The van der Waals surface area contributed by atoms with Crippen molar-refractivity contribution in [2.45, 2.75) is 51.3 Å². The summed E-state index contributed by atoms with van der Waals surface area (Å²) in [6.07, 6.45) is 8.23. The van der Waals surface area contributed by atoms with Crippen LogP contribution >= 0.6 is 0 Å². The predicted molar refractivity (Wildman–Crippen MR) is 153 cm³/mol. The summed E-state index contributed by atoms with van der Waals surface area (Å²) in [7, 11) is 4.74. The van der Waals surface area contributed by atoms with Crippen LogP contribution in [0.3, 0.4) is 0 Å². The van der Waals surface area contributed by atoms with E-state index in [1.165, 1.54) is 0 Å². The van der Waals surface area contributed by atoms with Gasteiger partial charge in [0, 0.05) is 25.3 Å². The highest BCUT2D eigenvalue weighted by atomic mass is 16.5. The monoisotopic (exact) mass is 564 g/mol. The molecule has 13 nitrogen and oxygen atoms in total. The lowest BCUT2D eigenvalue weighted by atomic mass is 10.2. The molecule has 218 valence electrons. The molecule has 1 unspecified atom stereocenters. The van der Waals surface area contributed by atoms with Gasteiger partial charge < -0.3 is 38.8 Å². The SMILES string of the molecule is COc1cc(-n2cnc(Nc3nc(N4CCC[C@H]4CO)c4c(C)nn(C5CCCCO5)c4n3)c2)cc(OC)c1OC. The Labute approximate surface area is 238 Å². The Bertz CT molecular complexity index is 1500. The molecule has 5 heterocycles. The zero-order valence-corrected chi connectivity index (χ0v) is 23.8. The van der Waals surface area contributed by atoms with E-state index < -0.39 is 0 Å². The molecule has 0 spiro atoms. The zero-order chi connectivity index (χ0) is 28.5. The second-order valence-corrected chi connectivity index (χ2v) is 10.3. The number of anilines is 3. The average molecular weight is 565 g/mol. The normalized spacial score (nSPS) is 19.1. The van der Waals surface area contributed by atoms with Crippen LogP contribution in [0.1, 0.15) is 44.0 Å². The Morgan fingerprint density at radius 2 is 1.85 bits per heavy atom. The van der Waals surface area contributed by atoms with Crippen molar-refractivity contribution in [2.24, 2.45) is 0 Å². The third kappa shape index (κ3) is 4.99. The maximum absolute atomic E-state index is 10.1. The number of aryl methyl sites for hydroxylation is 1. The van der Waals surface area contributed by atoms with Crippen LogP contribution in [0.4, 0.5) is 17.6 Å². The molecule has 1 aromatic carbocycles. The van der Waals surface area contributed by atoms with Gasteiger partial charge in [0.05, 0.1) is 56.9 Å². The minimum absolute atomic E-state index is 0.00567. The second kappa shape index (κ2) is 11.4. The fourth-order valence-corrected chi connectivity index (χ4v) is 5.73. The van der Waals surface area contributed by atoms with E-state index in [9.17, 15) is 5.11 Å². The van der Waals surface area contributed by atoms with Gasteiger partial charge in [-0.25, -0.2) is 9.67 Å². The molecule has 2 aliphatic heterocycles. The fraction of sp³-hybridized carbons (Fsp3) is 0.500. The number of aliphatic hydroxyl groups is 1. The van der Waals surface area contributed by atoms with Crippen LogP contribution in [0.15, 0.2) is 24.7 Å². The van der Waals surface area contributed by atoms with Gasteiger partial charge in [0.25, 0.3) is 0 Å². The van der Waals surface area contributed by atoms with Crippen LogP contribution < -0.4 is 24.4 Å². The summed E-state index contributed by atoms with van der Waals surface area (Å²) in [5.74, 6) is 3.31. The van der Waals surface area contributed by atoms with Gasteiger partial charge in [-0.2, -0.15) is 15.1 Å². The fourth-order valence-electron chi connectivity index (χ4n) is 5.73. The Morgan fingerprint density at radius 3 is 2.54 bits per heavy atom. The highest BCUT2D eigenvalue weighted by Gasteiger charge is 2.31. The summed E-state index contributed by atoms with van der Waals surface area (Å²) >= 11 is 0. The number of nitrogens with zero attached hydrogens (tertiary/aromatic N) is 7. The van der Waals surface area contributed by atoms with Gasteiger partial charge in [-0.1, -0.05) is 0 Å². The number of nitrogens with one attached hydrogen (secondary N) is 1. The molecule has 41 heavy (non-hydrogen) atoms. The number of aliphatic hydroxyl groups excluding tert-OH is 1. The number of ether oxygens (including phenoxy) is 4. The van der Waals surface area contributed by atoms with E-state index >= 15 is 0 Å². The van der Waals surface area contributed by atoms with Gasteiger partial charge in [-0.15, -0.1) is 0 Å². The smallest absolute Gasteiger partial charge is 0.232 e. The van der Waals surface area contributed by atoms with Crippen molar-refractivity contribution < 1.29 is 24.1 Å². The average Bonchev–Trinajstić information content (AvgIpc) is 3.75. The summed E-state index contributed by atoms with van der Waals surface area (Å²) in [6.45, 7) is 3.54. The third-order valence-corrected chi connectivity index (χ3v) is 7.77. The van der Waals surface area contributed by atoms with Gasteiger partial charge in [0.2, 0.25) is 11.7 Å².